The highest BCUT2D eigenvalue weighted by Gasteiger charge is 2.72. The molecule has 1 spiro atoms. The number of nitrogens with one attached hydrogen (secondary N) is 2. The maximum Gasteiger partial charge on any atom is 0.373 e. The Morgan fingerprint density at radius 3 is 2.18 bits per heavy atom. The fourth-order valence-corrected chi connectivity index (χ4v) is 4.99. The smallest absolute Gasteiger partial charge is 0.322 e. The molecule has 0 bridgehead atoms. The van der Waals surface area contributed by atoms with Crippen molar-refractivity contribution in [1.29, 1.82) is 0 Å². The van der Waals surface area contributed by atoms with Crippen LogP contribution < -0.4 is 10.6 Å². The molecule has 0 aromatic carbocycles. The summed E-state index contributed by atoms with van der Waals surface area (Å²) in [5.41, 5.74) is -1.15. The predicted octanol–water partition coefficient (Wildman–Crippen LogP) is -2.20. The number of hydrogen-bond donors (Lipinski definition) is 2. The molecule has 3 atom stereocenters. The molecule has 92 valence electrons. The van der Waals surface area contributed by atoms with E-state index in [9.17, 15) is 18.0 Å². The van der Waals surface area contributed by atoms with Crippen molar-refractivity contribution in [1.82, 2.24) is 10.6 Å². The second kappa shape index (κ2) is 3.38. The van der Waals surface area contributed by atoms with Crippen molar-refractivity contribution in [3.8, 4) is 0 Å². The second-order valence-electron chi connectivity index (χ2n) is 4.15. The van der Waals surface area contributed by atoms with Crippen molar-refractivity contribution in [3.05, 3.63) is 0 Å². The molecule has 9 heteroatoms. The Kier molecular flexibility index (Phi) is 2.33. The van der Waals surface area contributed by atoms with Gasteiger partial charge in [-0.1, -0.05) is 0 Å². The third-order valence-electron chi connectivity index (χ3n) is 3.22. The van der Waals surface area contributed by atoms with Crippen LogP contribution in [-0.4, -0.2) is 43.0 Å². The average molecular weight is 260 g/mol. The molecule has 0 aromatic rings. The van der Waals surface area contributed by atoms with Gasteiger partial charge in [0.15, 0.2) is 9.84 Å². The summed E-state index contributed by atoms with van der Waals surface area (Å²) < 4.78 is 23.0. The van der Waals surface area contributed by atoms with Crippen LogP contribution in [0.15, 0.2) is 0 Å². The highest BCUT2D eigenvalue weighted by Crippen LogP contribution is 2.53. The molecule has 1 aliphatic carbocycles. The Morgan fingerprint density at radius 2 is 1.88 bits per heavy atom. The lowest BCUT2D eigenvalue weighted by molar-refractivity contribution is -0.191. The molecule has 3 fully saturated rings. The van der Waals surface area contributed by atoms with E-state index in [-0.39, 0.29) is 17.8 Å². The number of hydrogen-bond acceptors (Lipinski definition) is 6. The van der Waals surface area contributed by atoms with Gasteiger partial charge in [-0.3, -0.25) is 10.1 Å². The number of fused-ring (bicyclic) bond motifs is 2. The number of amides is 3. The molecule has 0 aromatic heterocycles. The van der Waals surface area contributed by atoms with Crippen LogP contribution in [0.5, 0.6) is 0 Å². The van der Waals surface area contributed by atoms with Crippen molar-refractivity contribution in [2.24, 2.45) is 5.92 Å². The van der Waals surface area contributed by atoms with E-state index in [4.69, 9.17) is 9.59 Å². The molecule has 2 saturated heterocycles. The summed E-state index contributed by atoms with van der Waals surface area (Å²) in [7, 11) is -3.17. The van der Waals surface area contributed by atoms with Gasteiger partial charge in [0, 0.05) is 5.92 Å². The first-order valence-electron chi connectivity index (χ1n) is 4.72. The standard InChI is InChI=1S/C7H8N2O4S.CO2/c10-5-7(9-6(11)8-5)2-14(12,13)4-1-3(4)7;2-1-3/h3-4H,1-2H2,(H2,8,9,10,11);/t3-,4+,7+;/m1./s1. The zero-order valence-electron chi connectivity index (χ0n) is 8.43. The lowest BCUT2D eigenvalue weighted by atomic mass is 9.96. The van der Waals surface area contributed by atoms with Gasteiger partial charge in [-0.05, 0) is 6.42 Å². The quantitative estimate of drug-likeness (QED) is 0.476. The zero-order valence-corrected chi connectivity index (χ0v) is 9.24. The Balaban J connectivity index is 0.000000329. The predicted molar refractivity (Wildman–Crippen MR) is 50.1 cm³/mol. The van der Waals surface area contributed by atoms with Crippen LogP contribution in [0.25, 0.3) is 0 Å². The SMILES string of the molecule is O=C1NC(=O)[C@@]2(CS(=O)(=O)[C@H]3C[C@H]32)N1.O=C=O. The Bertz CT molecular complexity index is 534. The summed E-state index contributed by atoms with van der Waals surface area (Å²) in [6, 6.07) is -0.585. The maximum atomic E-state index is 11.5. The maximum absolute atomic E-state index is 11.5. The normalized spacial score (nSPS) is 39.5. The Labute approximate surface area is 95.7 Å². The first-order chi connectivity index (χ1) is 7.87. The van der Waals surface area contributed by atoms with E-state index < -0.39 is 32.6 Å². The van der Waals surface area contributed by atoms with Crippen molar-refractivity contribution in [2.75, 3.05) is 5.75 Å². The first kappa shape index (κ1) is 11.7. The van der Waals surface area contributed by atoms with E-state index >= 15 is 0 Å². The number of imide groups is 1. The zero-order chi connectivity index (χ0) is 12.8. The monoisotopic (exact) mass is 260 g/mol. The van der Waals surface area contributed by atoms with Gasteiger partial charge in [0.05, 0.1) is 11.0 Å². The summed E-state index contributed by atoms with van der Waals surface area (Å²) >= 11 is 0. The fraction of sp³-hybridized carbons (Fsp3) is 0.625. The van der Waals surface area contributed by atoms with Crippen LogP contribution in [0.4, 0.5) is 4.79 Å². The number of urea groups is 1. The van der Waals surface area contributed by atoms with Gasteiger partial charge in [0.2, 0.25) is 0 Å². The van der Waals surface area contributed by atoms with E-state index in [0.717, 1.165) is 0 Å². The minimum absolute atomic E-state index is 0.209. The summed E-state index contributed by atoms with van der Waals surface area (Å²) in [6.07, 6.45) is 0.746. The largest absolute Gasteiger partial charge is 0.373 e. The highest BCUT2D eigenvalue weighted by molar-refractivity contribution is 7.92. The number of carbonyl (C=O) groups excluding carboxylic acids is 4. The third-order valence-corrected chi connectivity index (χ3v) is 5.53. The molecule has 17 heavy (non-hydrogen) atoms. The van der Waals surface area contributed by atoms with Gasteiger partial charge in [0.1, 0.15) is 5.54 Å². The molecule has 3 rings (SSSR count). The molecule has 2 aliphatic heterocycles. The number of rotatable bonds is 0. The van der Waals surface area contributed by atoms with Crippen LogP contribution in [0.1, 0.15) is 6.42 Å². The third kappa shape index (κ3) is 1.55. The highest BCUT2D eigenvalue weighted by atomic mass is 32.2. The summed E-state index contributed by atoms with van der Waals surface area (Å²) in [6.45, 7) is 0. The average Bonchev–Trinajstić information content (AvgIpc) is 2.88. The molecule has 2 N–H and O–H groups in total. The Morgan fingerprint density at radius 1 is 1.29 bits per heavy atom. The van der Waals surface area contributed by atoms with Crippen LogP contribution in [0.2, 0.25) is 0 Å². The summed E-state index contributed by atoms with van der Waals surface area (Å²) in [5.74, 6) is -0.942. The van der Waals surface area contributed by atoms with E-state index in [1.807, 2.05) is 0 Å². The molecule has 0 radical (unpaired) electrons. The van der Waals surface area contributed by atoms with Crippen LogP contribution in [-0.2, 0) is 24.2 Å². The minimum Gasteiger partial charge on any atom is -0.322 e. The molecule has 8 nitrogen and oxygen atoms in total. The van der Waals surface area contributed by atoms with Gasteiger partial charge in [-0.25, -0.2) is 13.2 Å². The van der Waals surface area contributed by atoms with Gasteiger partial charge in [-0.15, -0.1) is 0 Å². The van der Waals surface area contributed by atoms with Crippen molar-refractivity contribution < 1.29 is 27.6 Å². The topological polar surface area (TPSA) is 126 Å². The molecule has 2 heterocycles. The molecular weight excluding hydrogens is 252 g/mol. The minimum atomic E-state index is -3.17. The van der Waals surface area contributed by atoms with Gasteiger partial charge >= 0.3 is 12.2 Å². The van der Waals surface area contributed by atoms with Crippen LogP contribution >= 0.6 is 0 Å². The fourth-order valence-electron chi connectivity index (χ4n) is 2.49. The first-order valence-corrected chi connectivity index (χ1v) is 6.43. The van der Waals surface area contributed by atoms with Crippen molar-refractivity contribution >= 4 is 27.9 Å². The van der Waals surface area contributed by atoms with Gasteiger partial charge < -0.3 is 5.32 Å². The molecular formula is C8H8N2O6S. The van der Waals surface area contributed by atoms with E-state index in [1.54, 1.807) is 0 Å². The number of sulfone groups is 1. The lowest BCUT2D eigenvalue weighted by Crippen LogP contribution is -2.51. The Hall–Kier alpha value is -1.73. The van der Waals surface area contributed by atoms with E-state index in [1.165, 1.54) is 0 Å². The van der Waals surface area contributed by atoms with Crippen molar-refractivity contribution in [2.45, 2.75) is 17.2 Å². The molecule has 3 amide bonds. The molecule has 1 saturated carbocycles. The second-order valence-corrected chi connectivity index (χ2v) is 6.37. The van der Waals surface area contributed by atoms with Crippen LogP contribution in [0, 0.1) is 5.92 Å². The molecule has 3 aliphatic rings. The molecule has 0 unspecified atom stereocenters. The van der Waals surface area contributed by atoms with E-state index in [0.29, 0.717) is 6.42 Å². The summed E-state index contributed by atoms with van der Waals surface area (Å²) in [4.78, 5) is 38.7. The van der Waals surface area contributed by atoms with Crippen molar-refractivity contribution in [3.63, 3.8) is 0 Å². The van der Waals surface area contributed by atoms with Gasteiger partial charge in [0.25, 0.3) is 5.91 Å². The lowest BCUT2D eigenvalue weighted by Gasteiger charge is -2.19. The van der Waals surface area contributed by atoms with E-state index in [2.05, 4.69) is 10.6 Å². The van der Waals surface area contributed by atoms with Crippen LogP contribution in [0.3, 0.4) is 0 Å². The summed E-state index contributed by atoms with van der Waals surface area (Å²) in [5, 5.41) is 4.13. The van der Waals surface area contributed by atoms with Gasteiger partial charge in [-0.2, -0.15) is 9.59 Å². The number of carbonyl (C=O) groups is 2.